The second kappa shape index (κ2) is 17.8. The topological polar surface area (TPSA) is 17.1 Å². The number of rotatable bonds is 19. The van der Waals surface area contributed by atoms with Crippen molar-refractivity contribution in [3.05, 3.63) is 0 Å². The molecule has 0 rings (SSSR count). The van der Waals surface area contributed by atoms with Crippen LogP contribution in [-0.2, 0) is 4.79 Å². The summed E-state index contributed by atoms with van der Waals surface area (Å²) in [4.78, 5) is 12.0. The van der Waals surface area contributed by atoms with Crippen molar-refractivity contribution in [2.24, 2.45) is 17.3 Å². The maximum atomic E-state index is 12.0. The summed E-state index contributed by atoms with van der Waals surface area (Å²) in [5.41, 5.74) is 0.540. The molecule has 0 aromatic rings. The SMILES string of the molecule is CCCC(C)(C)CCCCCCCCCC(=O)SCCC(C)CCCC(C)C. The van der Waals surface area contributed by atoms with Gasteiger partial charge in [-0.1, -0.05) is 118 Å². The van der Waals surface area contributed by atoms with Crippen molar-refractivity contribution in [3.8, 4) is 0 Å². The minimum atomic E-state index is 0.424. The van der Waals surface area contributed by atoms with Crippen molar-refractivity contribution in [1.82, 2.24) is 0 Å². The van der Waals surface area contributed by atoms with Crippen molar-refractivity contribution in [1.29, 1.82) is 0 Å². The van der Waals surface area contributed by atoms with E-state index in [4.69, 9.17) is 0 Å². The van der Waals surface area contributed by atoms with Crippen LogP contribution in [0, 0.1) is 17.3 Å². The fourth-order valence-corrected chi connectivity index (χ4v) is 5.06. The van der Waals surface area contributed by atoms with Crippen LogP contribution in [0.2, 0.25) is 0 Å². The highest BCUT2D eigenvalue weighted by Gasteiger charge is 2.15. The van der Waals surface area contributed by atoms with Crippen LogP contribution in [0.4, 0.5) is 0 Å². The van der Waals surface area contributed by atoms with Gasteiger partial charge in [-0.3, -0.25) is 4.79 Å². The summed E-state index contributed by atoms with van der Waals surface area (Å²) < 4.78 is 0. The fraction of sp³-hybridized carbons (Fsp3) is 0.962. The molecule has 0 radical (unpaired) electrons. The molecule has 1 unspecified atom stereocenters. The van der Waals surface area contributed by atoms with Crippen LogP contribution in [0.25, 0.3) is 0 Å². The Morgan fingerprint density at radius 3 is 2.00 bits per heavy atom. The molecule has 1 nitrogen and oxygen atoms in total. The van der Waals surface area contributed by atoms with Crippen molar-refractivity contribution < 1.29 is 4.79 Å². The van der Waals surface area contributed by atoms with Crippen molar-refractivity contribution in [2.45, 2.75) is 138 Å². The van der Waals surface area contributed by atoms with Crippen LogP contribution in [-0.4, -0.2) is 10.9 Å². The highest BCUT2D eigenvalue weighted by molar-refractivity contribution is 8.13. The average molecular weight is 413 g/mol. The van der Waals surface area contributed by atoms with E-state index in [1.54, 1.807) is 11.8 Å². The predicted octanol–water partition coefficient (Wildman–Crippen LogP) is 9.44. The van der Waals surface area contributed by atoms with E-state index in [0.29, 0.717) is 10.5 Å². The van der Waals surface area contributed by atoms with Gasteiger partial charge < -0.3 is 0 Å². The number of unbranched alkanes of at least 4 members (excludes halogenated alkanes) is 6. The first-order valence-corrected chi connectivity index (χ1v) is 13.4. The molecule has 168 valence electrons. The Hall–Kier alpha value is 0.0200. The first-order valence-electron chi connectivity index (χ1n) is 12.4. The third kappa shape index (κ3) is 19.3. The zero-order chi connectivity index (χ0) is 21.3. The lowest BCUT2D eigenvalue weighted by Gasteiger charge is -2.23. The molecule has 0 aromatic heterocycles. The Morgan fingerprint density at radius 1 is 0.786 bits per heavy atom. The number of carbonyl (C=O) groups excluding carboxylic acids is 1. The van der Waals surface area contributed by atoms with Crippen LogP contribution < -0.4 is 0 Å². The predicted molar refractivity (Wildman–Crippen MR) is 130 cm³/mol. The highest BCUT2D eigenvalue weighted by atomic mass is 32.2. The number of thioether (sulfide) groups is 1. The van der Waals surface area contributed by atoms with Gasteiger partial charge in [0.1, 0.15) is 0 Å². The maximum absolute atomic E-state index is 12.0. The van der Waals surface area contributed by atoms with Gasteiger partial charge in [0.2, 0.25) is 0 Å². The number of carbonyl (C=O) groups is 1. The summed E-state index contributed by atoms with van der Waals surface area (Å²) in [6.07, 6.45) is 19.2. The second-order valence-electron chi connectivity index (χ2n) is 10.3. The second-order valence-corrected chi connectivity index (χ2v) is 11.5. The quantitative estimate of drug-likeness (QED) is 0.196. The normalized spacial score (nSPS) is 13.2. The van der Waals surface area contributed by atoms with Gasteiger partial charge in [0, 0.05) is 12.2 Å². The van der Waals surface area contributed by atoms with E-state index in [2.05, 4.69) is 41.5 Å². The van der Waals surface area contributed by atoms with Gasteiger partial charge in [-0.15, -0.1) is 0 Å². The van der Waals surface area contributed by atoms with Crippen molar-refractivity contribution >= 4 is 16.9 Å². The Kier molecular flexibility index (Phi) is 17.9. The Balaban J connectivity index is 3.41. The van der Waals surface area contributed by atoms with Crippen LogP contribution in [0.15, 0.2) is 0 Å². The highest BCUT2D eigenvalue weighted by Crippen LogP contribution is 2.29. The molecule has 0 fully saturated rings. The van der Waals surface area contributed by atoms with Gasteiger partial charge in [0.15, 0.2) is 5.12 Å². The van der Waals surface area contributed by atoms with Crippen LogP contribution >= 0.6 is 11.8 Å². The zero-order valence-electron chi connectivity index (χ0n) is 20.3. The van der Waals surface area contributed by atoms with Gasteiger partial charge in [0.05, 0.1) is 0 Å². The third-order valence-corrected chi connectivity index (χ3v) is 6.98. The number of hydrogen-bond acceptors (Lipinski definition) is 2. The fourth-order valence-electron chi connectivity index (χ4n) is 4.02. The van der Waals surface area contributed by atoms with E-state index in [9.17, 15) is 4.79 Å². The molecular weight excluding hydrogens is 360 g/mol. The molecule has 28 heavy (non-hydrogen) atoms. The maximum Gasteiger partial charge on any atom is 0.188 e. The summed E-state index contributed by atoms with van der Waals surface area (Å²) in [7, 11) is 0. The van der Waals surface area contributed by atoms with Crippen LogP contribution in [0.3, 0.4) is 0 Å². The molecule has 0 aliphatic heterocycles. The molecule has 0 spiro atoms. The molecule has 0 saturated carbocycles. The Morgan fingerprint density at radius 2 is 1.39 bits per heavy atom. The molecule has 0 aromatic carbocycles. The monoisotopic (exact) mass is 412 g/mol. The average Bonchev–Trinajstić information content (AvgIpc) is 2.59. The lowest BCUT2D eigenvalue weighted by molar-refractivity contribution is -0.111. The molecule has 0 amide bonds. The van der Waals surface area contributed by atoms with E-state index in [0.717, 1.165) is 30.4 Å². The number of hydrogen-bond donors (Lipinski definition) is 0. The molecule has 0 aliphatic carbocycles. The minimum absolute atomic E-state index is 0.424. The van der Waals surface area contributed by atoms with E-state index < -0.39 is 0 Å². The van der Waals surface area contributed by atoms with Gasteiger partial charge >= 0.3 is 0 Å². The molecule has 1 atom stereocenters. The summed E-state index contributed by atoms with van der Waals surface area (Å²) >= 11 is 1.59. The Bertz CT molecular complexity index is 361. The van der Waals surface area contributed by atoms with E-state index >= 15 is 0 Å². The first kappa shape index (κ1) is 28.0. The Labute approximate surface area is 182 Å². The van der Waals surface area contributed by atoms with E-state index in [1.807, 2.05) is 0 Å². The smallest absolute Gasteiger partial charge is 0.188 e. The van der Waals surface area contributed by atoms with Crippen molar-refractivity contribution in [2.75, 3.05) is 5.75 Å². The molecule has 0 aliphatic rings. The minimum Gasteiger partial charge on any atom is -0.287 e. The lowest BCUT2D eigenvalue weighted by Crippen LogP contribution is -2.10. The first-order chi connectivity index (χ1) is 13.3. The standard InChI is InChI=1S/C26H52OS/c1-7-20-26(5,6)21-14-12-10-8-9-11-13-18-25(27)28-22-19-24(4)17-15-16-23(2)3/h23-24H,7-22H2,1-6H3. The zero-order valence-corrected chi connectivity index (χ0v) is 21.1. The summed E-state index contributed by atoms with van der Waals surface area (Å²) in [6, 6.07) is 0. The van der Waals surface area contributed by atoms with Gasteiger partial charge in [-0.25, -0.2) is 0 Å². The molecular formula is C26H52OS. The van der Waals surface area contributed by atoms with Crippen LogP contribution in [0.1, 0.15) is 138 Å². The molecule has 0 bridgehead atoms. The van der Waals surface area contributed by atoms with Gasteiger partial charge in [0.25, 0.3) is 0 Å². The van der Waals surface area contributed by atoms with Crippen molar-refractivity contribution in [3.63, 3.8) is 0 Å². The molecule has 2 heteroatoms. The lowest BCUT2D eigenvalue weighted by atomic mass is 9.83. The molecule has 0 heterocycles. The molecule has 0 saturated heterocycles. The van der Waals surface area contributed by atoms with Gasteiger partial charge in [-0.05, 0) is 42.9 Å². The van der Waals surface area contributed by atoms with E-state index in [-0.39, 0.29) is 0 Å². The summed E-state index contributed by atoms with van der Waals surface area (Å²) in [6.45, 7) is 14.1. The van der Waals surface area contributed by atoms with E-state index in [1.165, 1.54) is 83.5 Å². The largest absolute Gasteiger partial charge is 0.287 e. The summed E-state index contributed by atoms with van der Waals surface area (Å²) in [5, 5.41) is 0.424. The molecule has 0 N–H and O–H groups in total. The van der Waals surface area contributed by atoms with Gasteiger partial charge in [-0.2, -0.15) is 0 Å². The summed E-state index contributed by atoms with van der Waals surface area (Å²) in [5.74, 6) is 2.61. The third-order valence-electron chi connectivity index (χ3n) is 6.01. The van der Waals surface area contributed by atoms with Crippen LogP contribution in [0.5, 0.6) is 0 Å².